The zero-order chi connectivity index (χ0) is 9.84. The van der Waals surface area contributed by atoms with Crippen LogP contribution in [0, 0.1) is 6.92 Å². The molecule has 0 aromatic carbocycles. The number of amides is 1. The van der Waals surface area contributed by atoms with E-state index < -0.39 is 12.0 Å². The number of nitrogens with one attached hydrogen (secondary N) is 1. The molecule has 0 aliphatic carbocycles. The van der Waals surface area contributed by atoms with Gasteiger partial charge in [0.15, 0.2) is 0 Å². The highest BCUT2D eigenvalue weighted by Gasteiger charge is 2.08. The summed E-state index contributed by atoms with van der Waals surface area (Å²) in [6.45, 7) is 3.59. The summed E-state index contributed by atoms with van der Waals surface area (Å²) >= 11 is 1.42. The van der Waals surface area contributed by atoms with Gasteiger partial charge in [0.1, 0.15) is 16.1 Å². The molecule has 1 heterocycles. The molecule has 0 bridgehead atoms. The Morgan fingerprint density at radius 1 is 1.69 bits per heavy atom. The molecular weight excluding hydrogens is 190 g/mol. The van der Waals surface area contributed by atoms with Crippen molar-refractivity contribution >= 4 is 17.2 Å². The fourth-order valence-electron chi connectivity index (χ4n) is 0.719. The van der Waals surface area contributed by atoms with E-state index in [1.54, 1.807) is 0 Å². The lowest BCUT2D eigenvalue weighted by molar-refractivity contribution is -0.128. The molecule has 0 fully saturated rings. The van der Waals surface area contributed by atoms with Gasteiger partial charge in [0, 0.05) is 0 Å². The van der Waals surface area contributed by atoms with Crippen LogP contribution in [0.1, 0.15) is 16.9 Å². The first-order valence-corrected chi connectivity index (χ1v) is 4.66. The van der Waals surface area contributed by atoms with Crippen molar-refractivity contribution in [1.82, 2.24) is 15.5 Å². The summed E-state index contributed by atoms with van der Waals surface area (Å²) in [5.41, 5.74) is 0. The third-order valence-electron chi connectivity index (χ3n) is 1.36. The first-order valence-electron chi connectivity index (χ1n) is 3.84. The summed E-state index contributed by atoms with van der Waals surface area (Å²) in [7, 11) is 0. The fourth-order valence-corrected chi connectivity index (χ4v) is 1.37. The minimum absolute atomic E-state index is 0.329. The van der Waals surface area contributed by atoms with E-state index in [2.05, 4.69) is 15.5 Å². The summed E-state index contributed by atoms with van der Waals surface area (Å²) in [6, 6.07) is 0. The number of aliphatic hydroxyl groups excluding tert-OH is 1. The predicted molar refractivity (Wildman–Crippen MR) is 48.2 cm³/mol. The lowest BCUT2D eigenvalue weighted by atomic mass is 10.4. The minimum Gasteiger partial charge on any atom is -0.384 e. The minimum atomic E-state index is -0.978. The van der Waals surface area contributed by atoms with Gasteiger partial charge in [0.25, 0.3) is 0 Å². The zero-order valence-electron chi connectivity index (χ0n) is 7.44. The molecular formula is C7H11N3O2S. The number of aliphatic hydroxyl groups is 1. The highest BCUT2D eigenvalue weighted by Crippen LogP contribution is 2.06. The van der Waals surface area contributed by atoms with Crippen LogP contribution in [0.3, 0.4) is 0 Å². The number of hydrogen-bond acceptors (Lipinski definition) is 5. The number of rotatable bonds is 3. The van der Waals surface area contributed by atoms with Crippen LogP contribution >= 0.6 is 11.3 Å². The van der Waals surface area contributed by atoms with Crippen molar-refractivity contribution in [2.75, 3.05) is 0 Å². The average Bonchev–Trinajstić information content (AvgIpc) is 2.47. The van der Waals surface area contributed by atoms with Gasteiger partial charge in [-0.05, 0) is 13.8 Å². The third-order valence-corrected chi connectivity index (χ3v) is 2.20. The molecule has 1 aromatic heterocycles. The van der Waals surface area contributed by atoms with Crippen LogP contribution in [0.4, 0.5) is 0 Å². The predicted octanol–water partition coefficient (Wildman–Crippen LogP) is -0.156. The maximum absolute atomic E-state index is 10.9. The second-order valence-electron chi connectivity index (χ2n) is 2.61. The molecule has 0 spiro atoms. The van der Waals surface area contributed by atoms with Gasteiger partial charge >= 0.3 is 0 Å². The Morgan fingerprint density at radius 3 is 2.85 bits per heavy atom. The molecule has 2 N–H and O–H groups in total. The van der Waals surface area contributed by atoms with E-state index >= 15 is 0 Å². The highest BCUT2D eigenvalue weighted by atomic mass is 32.1. The van der Waals surface area contributed by atoms with Crippen molar-refractivity contribution in [1.29, 1.82) is 0 Å². The molecule has 0 saturated heterocycles. The Hall–Kier alpha value is -1.01. The molecule has 1 rings (SSSR count). The molecule has 0 aliphatic rings. The van der Waals surface area contributed by atoms with E-state index in [4.69, 9.17) is 5.11 Å². The topological polar surface area (TPSA) is 75.1 Å². The molecule has 0 radical (unpaired) electrons. The summed E-state index contributed by atoms with van der Waals surface area (Å²) in [5.74, 6) is -0.396. The molecule has 0 aliphatic heterocycles. The summed E-state index contributed by atoms with van der Waals surface area (Å²) in [5, 5.41) is 20.6. The Bertz CT molecular complexity index is 298. The number of carbonyl (C=O) groups is 1. The largest absolute Gasteiger partial charge is 0.384 e. The maximum Gasteiger partial charge on any atom is 0.248 e. The van der Waals surface area contributed by atoms with E-state index in [0.29, 0.717) is 6.54 Å². The first kappa shape index (κ1) is 10.1. The van der Waals surface area contributed by atoms with Gasteiger partial charge in [0.05, 0.1) is 6.54 Å². The van der Waals surface area contributed by atoms with Gasteiger partial charge in [-0.15, -0.1) is 10.2 Å². The lowest BCUT2D eigenvalue weighted by Gasteiger charge is -2.03. The molecule has 0 saturated carbocycles. The number of aryl methyl sites for hydroxylation is 1. The molecule has 72 valence electrons. The van der Waals surface area contributed by atoms with Gasteiger partial charge in [-0.25, -0.2) is 0 Å². The van der Waals surface area contributed by atoms with Crippen LogP contribution in [0.25, 0.3) is 0 Å². The van der Waals surface area contributed by atoms with Crippen LogP contribution < -0.4 is 5.32 Å². The molecule has 13 heavy (non-hydrogen) atoms. The van der Waals surface area contributed by atoms with E-state index in [1.807, 2.05) is 6.92 Å². The van der Waals surface area contributed by atoms with Crippen LogP contribution in [-0.2, 0) is 11.3 Å². The zero-order valence-corrected chi connectivity index (χ0v) is 8.26. The van der Waals surface area contributed by atoms with Crippen molar-refractivity contribution in [2.45, 2.75) is 26.5 Å². The normalized spacial score (nSPS) is 12.5. The highest BCUT2D eigenvalue weighted by molar-refractivity contribution is 7.11. The smallest absolute Gasteiger partial charge is 0.248 e. The number of aromatic nitrogens is 2. The fraction of sp³-hybridized carbons (Fsp3) is 0.571. The van der Waals surface area contributed by atoms with Gasteiger partial charge in [-0.3, -0.25) is 4.79 Å². The molecule has 1 amide bonds. The summed E-state index contributed by atoms with van der Waals surface area (Å²) in [6.07, 6.45) is -0.978. The molecule has 1 unspecified atom stereocenters. The van der Waals surface area contributed by atoms with E-state index in [0.717, 1.165) is 10.0 Å². The van der Waals surface area contributed by atoms with Crippen molar-refractivity contribution in [3.63, 3.8) is 0 Å². The van der Waals surface area contributed by atoms with Gasteiger partial charge in [-0.1, -0.05) is 11.3 Å². The Labute approximate surface area is 79.8 Å². The Balaban J connectivity index is 2.39. The van der Waals surface area contributed by atoms with Crippen LogP contribution in [-0.4, -0.2) is 27.3 Å². The molecule has 5 nitrogen and oxygen atoms in total. The Morgan fingerprint density at radius 2 is 2.38 bits per heavy atom. The van der Waals surface area contributed by atoms with Crippen molar-refractivity contribution in [3.05, 3.63) is 10.0 Å². The first-order chi connectivity index (χ1) is 6.09. The van der Waals surface area contributed by atoms with Crippen LogP contribution in [0.15, 0.2) is 0 Å². The van der Waals surface area contributed by atoms with Gasteiger partial charge in [0.2, 0.25) is 5.91 Å². The van der Waals surface area contributed by atoms with E-state index in [-0.39, 0.29) is 0 Å². The number of nitrogens with zero attached hydrogens (tertiary/aromatic N) is 2. The summed E-state index contributed by atoms with van der Waals surface area (Å²) < 4.78 is 0. The lowest BCUT2D eigenvalue weighted by Crippen LogP contribution is -2.31. The van der Waals surface area contributed by atoms with Crippen LogP contribution in [0.2, 0.25) is 0 Å². The van der Waals surface area contributed by atoms with Crippen molar-refractivity contribution in [3.8, 4) is 0 Å². The Kier molecular flexibility index (Phi) is 3.32. The van der Waals surface area contributed by atoms with Crippen LogP contribution in [0.5, 0.6) is 0 Å². The third kappa shape index (κ3) is 3.08. The quantitative estimate of drug-likeness (QED) is 0.712. The van der Waals surface area contributed by atoms with E-state index in [9.17, 15) is 4.79 Å². The van der Waals surface area contributed by atoms with Gasteiger partial charge < -0.3 is 10.4 Å². The summed E-state index contributed by atoms with van der Waals surface area (Å²) in [4.78, 5) is 10.9. The maximum atomic E-state index is 10.9. The standard InChI is InChI=1S/C7H11N3O2S/c1-4(11)7(12)8-3-6-10-9-5(2)13-6/h4,11H,3H2,1-2H3,(H,8,12). The molecule has 6 heteroatoms. The molecule has 1 atom stereocenters. The SMILES string of the molecule is Cc1nnc(CNC(=O)C(C)O)s1. The van der Waals surface area contributed by atoms with Crippen molar-refractivity contribution < 1.29 is 9.90 Å². The van der Waals surface area contributed by atoms with Gasteiger partial charge in [-0.2, -0.15) is 0 Å². The second kappa shape index (κ2) is 4.29. The molecule has 1 aromatic rings. The van der Waals surface area contributed by atoms with Crippen molar-refractivity contribution in [2.24, 2.45) is 0 Å². The second-order valence-corrected chi connectivity index (χ2v) is 3.87. The average molecular weight is 201 g/mol. The van der Waals surface area contributed by atoms with E-state index in [1.165, 1.54) is 18.3 Å². The monoisotopic (exact) mass is 201 g/mol. The number of hydrogen-bond donors (Lipinski definition) is 2. The number of carbonyl (C=O) groups excluding carboxylic acids is 1.